The Morgan fingerprint density at radius 3 is 2.64 bits per heavy atom. The molecule has 1 aliphatic carbocycles. The number of ether oxygens (including phenoxy) is 1. The first-order valence-corrected chi connectivity index (χ1v) is 6.67. The predicted octanol–water partition coefficient (Wildman–Crippen LogP) is 0.741. The molecule has 2 unspecified atom stereocenters. The third-order valence-electron chi connectivity index (χ3n) is 2.60. The van der Waals surface area contributed by atoms with Crippen molar-refractivity contribution in [2.75, 3.05) is 19.5 Å². The highest BCUT2D eigenvalue weighted by Gasteiger charge is 2.25. The molecule has 1 fully saturated rings. The zero-order valence-corrected chi connectivity index (χ0v) is 9.64. The van der Waals surface area contributed by atoms with Gasteiger partial charge >= 0.3 is 0 Å². The molecule has 4 nitrogen and oxygen atoms in total. The van der Waals surface area contributed by atoms with Crippen LogP contribution < -0.4 is 4.72 Å². The van der Waals surface area contributed by atoms with Crippen LogP contribution in [0.15, 0.2) is 0 Å². The third kappa shape index (κ3) is 3.94. The van der Waals surface area contributed by atoms with Gasteiger partial charge in [-0.2, -0.15) is 0 Å². The van der Waals surface area contributed by atoms with Gasteiger partial charge in [-0.1, -0.05) is 6.92 Å². The Morgan fingerprint density at radius 1 is 1.43 bits per heavy atom. The van der Waals surface area contributed by atoms with Crippen LogP contribution >= 0.6 is 0 Å². The van der Waals surface area contributed by atoms with Crippen LogP contribution in [-0.2, 0) is 14.8 Å². The van der Waals surface area contributed by atoms with E-state index in [-0.39, 0.29) is 18.4 Å². The lowest BCUT2D eigenvalue weighted by Gasteiger charge is -2.12. The largest absolute Gasteiger partial charge is 0.384 e. The maximum atomic E-state index is 11.5. The molecule has 14 heavy (non-hydrogen) atoms. The second-order valence-electron chi connectivity index (χ2n) is 4.04. The van der Waals surface area contributed by atoms with Crippen LogP contribution in [0.1, 0.15) is 26.2 Å². The van der Waals surface area contributed by atoms with Crippen molar-refractivity contribution in [3.63, 3.8) is 0 Å². The maximum absolute atomic E-state index is 11.5. The summed E-state index contributed by atoms with van der Waals surface area (Å²) in [5, 5.41) is 0. The van der Waals surface area contributed by atoms with Crippen LogP contribution in [0, 0.1) is 5.92 Å². The Kier molecular flexibility index (Phi) is 4.34. The molecule has 0 saturated heterocycles. The van der Waals surface area contributed by atoms with Gasteiger partial charge in [0.05, 0.1) is 12.4 Å². The van der Waals surface area contributed by atoms with E-state index in [9.17, 15) is 8.42 Å². The standard InChI is InChI=1S/C9H19NO3S/c1-8-3-4-9(7-8)10-14(11,12)6-5-13-2/h8-10H,3-7H2,1-2H3. The Hall–Kier alpha value is -0.130. The van der Waals surface area contributed by atoms with Gasteiger partial charge < -0.3 is 4.74 Å². The number of sulfonamides is 1. The highest BCUT2D eigenvalue weighted by molar-refractivity contribution is 7.89. The summed E-state index contributed by atoms with van der Waals surface area (Å²) in [5.41, 5.74) is 0. The summed E-state index contributed by atoms with van der Waals surface area (Å²) in [5.74, 6) is 0.708. The van der Waals surface area contributed by atoms with Crippen molar-refractivity contribution in [3.8, 4) is 0 Å². The van der Waals surface area contributed by atoms with Gasteiger partial charge in [0, 0.05) is 13.2 Å². The van der Waals surface area contributed by atoms with Crippen molar-refractivity contribution < 1.29 is 13.2 Å². The molecule has 1 saturated carbocycles. The smallest absolute Gasteiger partial charge is 0.214 e. The van der Waals surface area contributed by atoms with Gasteiger partial charge in [0.15, 0.2) is 0 Å². The highest BCUT2D eigenvalue weighted by Crippen LogP contribution is 2.24. The van der Waals surface area contributed by atoms with Gasteiger partial charge in [0.25, 0.3) is 0 Å². The van der Waals surface area contributed by atoms with Crippen LogP contribution in [0.3, 0.4) is 0 Å². The molecule has 1 rings (SSSR count). The molecular weight excluding hydrogens is 202 g/mol. The first kappa shape index (κ1) is 11.9. The molecule has 0 aliphatic heterocycles. The molecular formula is C9H19NO3S. The first-order chi connectivity index (χ1) is 6.53. The molecule has 0 aromatic rings. The number of methoxy groups -OCH3 is 1. The van der Waals surface area contributed by atoms with Crippen molar-refractivity contribution in [2.45, 2.75) is 32.2 Å². The lowest BCUT2D eigenvalue weighted by molar-refractivity contribution is 0.216. The quantitative estimate of drug-likeness (QED) is 0.745. The molecule has 1 N–H and O–H groups in total. The predicted molar refractivity (Wildman–Crippen MR) is 55.6 cm³/mol. The van der Waals surface area contributed by atoms with E-state index in [1.165, 1.54) is 7.11 Å². The van der Waals surface area contributed by atoms with Crippen molar-refractivity contribution in [2.24, 2.45) is 5.92 Å². The molecule has 84 valence electrons. The van der Waals surface area contributed by atoms with Gasteiger partial charge in [-0.3, -0.25) is 0 Å². The number of hydrogen-bond acceptors (Lipinski definition) is 3. The van der Waals surface area contributed by atoms with Gasteiger partial charge in [-0.25, -0.2) is 13.1 Å². The Labute approximate surface area is 86.1 Å². The summed E-state index contributed by atoms with van der Waals surface area (Å²) in [6.07, 6.45) is 3.05. The Bertz CT molecular complexity index is 263. The molecule has 0 bridgehead atoms. The fourth-order valence-corrected chi connectivity index (χ4v) is 3.05. The lowest BCUT2D eigenvalue weighted by atomic mass is 10.1. The second kappa shape index (κ2) is 5.09. The SMILES string of the molecule is COCCS(=O)(=O)NC1CCC(C)C1. The normalized spacial score (nSPS) is 28.1. The van der Waals surface area contributed by atoms with Crippen LogP contribution in [0.5, 0.6) is 0 Å². The van der Waals surface area contributed by atoms with E-state index in [0.717, 1.165) is 19.3 Å². The van der Waals surface area contributed by atoms with E-state index in [1.54, 1.807) is 0 Å². The number of rotatable bonds is 5. The molecule has 2 atom stereocenters. The van der Waals surface area contributed by atoms with Gasteiger partial charge in [0.2, 0.25) is 10.0 Å². The summed E-state index contributed by atoms with van der Waals surface area (Å²) in [7, 11) is -1.62. The van der Waals surface area contributed by atoms with Gasteiger partial charge in [-0.15, -0.1) is 0 Å². The average molecular weight is 221 g/mol. The number of nitrogens with one attached hydrogen (secondary N) is 1. The number of hydrogen-bond donors (Lipinski definition) is 1. The topological polar surface area (TPSA) is 55.4 Å². The minimum atomic E-state index is -3.13. The minimum absolute atomic E-state index is 0.0639. The molecule has 0 aromatic heterocycles. The van der Waals surface area contributed by atoms with Crippen molar-refractivity contribution in [1.82, 2.24) is 4.72 Å². The monoisotopic (exact) mass is 221 g/mol. The summed E-state index contributed by atoms with van der Waals surface area (Å²) in [6.45, 7) is 2.42. The summed E-state index contributed by atoms with van der Waals surface area (Å²) in [4.78, 5) is 0. The van der Waals surface area contributed by atoms with E-state index in [2.05, 4.69) is 11.6 Å². The zero-order valence-electron chi connectivity index (χ0n) is 8.82. The van der Waals surface area contributed by atoms with Crippen LogP contribution in [0.25, 0.3) is 0 Å². The molecule has 0 spiro atoms. The van der Waals surface area contributed by atoms with Gasteiger partial charge in [0.1, 0.15) is 0 Å². The third-order valence-corrected chi connectivity index (χ3v) is 3.99. The second-order valence-corrected chi connectivity index (χ2v) is 5.92. The molecule has 0 amide bonds. The Balaban J connectivity index is 2.35. The fourth-order valence-electron chi connectivity index (χ4n) is 1.82. The van der Waals surface area contributed by atoms with Crippen LogP contribution in [0.4, 0.5) is 0 Å². The summed E-state index contributed by atoms with van der Waals surface area (Å²) in [6, 6.07) is 0.145. The first-order valence-electron chi connectivity index (χ1n) is 5.02. The molecule has 5 heteroatoms. The fraction of sp³-hybridized carbons (Fsp3) is 1.00. The maximum Gasteiger partial charge on any atom is 0.214 e. The van der Waals surface area contributed by atoms with Crippen molar-refractivity contribution in [1.29, 1.82) is 0 Å². The van der Waals surface area contributed by atoms with E-state index in [1.807, 2.05) is 0 Å². The Morgan fingerprint density at radius 2 is 2.14 bits per heavy atom. The lowest BCUT2D eigenvalue weighted by Crippen LogP contribution is -2.35. The van der Waals surface area contributed by atoms with E-state index in [0.29, 0.717) is 5.92 Å². The van der Waals surface area contributed by atoms with Crippen LogP contribution in [-0.4, -0.2) is 33.9 Å². The summed E-state index contributed by atoms with van der Waals surface area (Å²) < 4.78 is 30.4. The van der Waals surface area contributed by atoms with E-state index >= 15 is 0 Å². The van der Waals surface area contributed by atoms with Gasteiger partial charge in [-0.05, 0) is 25.2 Å². The zero-order chi connectivity index (χ0) is 10.6. The molecule has 1 aliphatic rings. The van der Waals surface area contributed by atoms with E-state index in [4.69, 9.17) is 4.74 Å². The molecule has 0 aromatic carbocycles. The molecule has 0 heterocycles. The minimum Gasteiger partial charge on any atom is -0.384 e. The molecule has 0 radical (unpaired) electrons. The average Bonchev–Trinajstić information content (AvgIpc) is 2.47. The van der Waals surface area contributed by atoms with Crippen LogP contribution in [0.2, 0.25) is 0 Å². The highest BCUT2D eigenvalue weighted by atomic mass is 32.2. The van der Waals surface area contributed by atoms with E-state index < -0.39 is 10.0 Å². The van der Waals surface area contributed by atoms with Crippen molar-refractivity contribution >= 4 is 10.0 Å². The van der Waals surface area contributed by atoms with Crippen molar-refractivity contribution in [3.05, 3.63) is 0 Å². The summed E-state index contributed by atoms with van der Waals surface area (Å²) >= 11 is 0.